The van der Waals surface area contributed by atoms with Crippen molar-refractivity contribution in [1.29, 1.82) is 0 Å². The van der Waals surface area contributed by atoms with Crippen molar-refractivity contribution >= 4 is 37.3 Å². The van der Waals surface area contributed by atoms with E-state index in [2.05, 4.69) is 4.72 Å². The lowest BCUT2D eigenvalue weighted by Gasteiger charge is -2.15. The third-order valence-electron chi connectivity index (χ3n) is 4.52. The maximum atomic E-state index is 12.9. The van der Waals surface area contributed by atoms with Crippen LogP contribution in [-0.4, -0.2) is 20.1 Å². The third kappa shape index (κ3) is 3.79. The van der Waals surface area contributed by atoms with E-state index in [-0.39, 0.29) is 21.7 Å². The minimum atomic E-state index is -3.77. The Morgan fingerprint density at radius 2 is 1.79 bits per heavy atom. The van der Waals surface area contributed by atoms with E-state index in [4.69, 9.17) is 4.74 Å². The number of methoxy groups -OCH3 is 1. The van der Waals surface area contributed by atoms with Crippen molar-refractivity contribution in [3.63, 3.8) is 0 Å². The molecule has 3 aromatic rings. The summed E-state index contributed by atoms with van der Waals surface area (Å²) < 4.78 is 36.1. The van der Waals surface area contributed by atoms with Gasteiger partial charge in [-0.3, -0.25) is 14.1 Å². The van der Waals surface area contributed by atoms with Crippen LogP contribution in [0.25, 0.3) is 10.2 Å². The van der Waals surface area contributed by atoms with E-state index in [0.717, 1.165) is 27.1 Å². The molecule has 0 saturated heterocycles. The molecule has 0 aliphatic heterocycles. The van der Waals surface area contributed by atoms with Gasteiger partial charge in [0.05, 0.1) is 27.9 Å². The Labute approximate surface area is 168 Å². The summed E-state index contributed by atoms with van der Waals surface area (Å²) in [7, 11) is -2.20. The molecule has 0 radical (unpaired) electrons. The van der Waals surface area contributed by atoms with E-state index in [9.17, 15) is 13.2 Å². The highest BCUT2D eigenvalue weighted by molar-refractivity contribution is 7.92. The smallest absolute Gasteiger partial charge is 0.308 e. The molecular weight excluding hydrogens is 396 g/mol. The molecule has 8 heteroatoms. The van der Waals surface area contributed by atoms with E-state index in [1.807, 2.05) is 27.7 Å². The number of benzene rings is 2. The summed E-state index contributed by atoms with van der Waals surface area (Å²) >= 11 is 1.11. The number of thiazole rings is 1. The maximum absolute atomic E-state index is 12.9. The second-order valence-corrected chi connectivity index (χ2v) is 9.85. The molecule has 0 spiro atoms. The topological polar surface area (TPSA) is 77.4 Å². The number of anilines is 1. The molecule has 2 aromatic carbocycles. The van der Waals surface area contributed by atoms with Crippen molar-refractivity contribution < 1.29 is 13.2 Å². The minimum Gasteiger partial charge on any atom is -0.496 e. The number of sulfonamides is 1. The fraction of sp³-hybridized carbons (Fsp3) is 0.350. The van der Waals surface area contributed by atoms with Crippen LogP contribution >= 0.6 is 11.3 Å². The van der Waals surface area contributed by atoms with Crippen molar-refractivity contribution in [1.82, 2.24) is 4.57 Å². The fourth-order valence-corrected chi connectivity index (χ4v) is 5.27. The van der Waals surface area contributed by atoms with Gasteiger partial charge in [-0.05, 0) is 61.7 Å². The Bertz CT molecular complexity index is 1170. The number of nitrogens with zero attached hydrogens (tertiary/aromatic N) is 1. The van der Waals surface area contributed by atoms with Crippen LogP contribution in [0.3, 0.4) is 0 Å². The summed E-state index contributed by atoms with van der Waals surface area (Å²) in [5.74, 6) is 0.782. The molecule has 0 aliphatic rings. The van der Waals surface area contributed by atoms with Crippen LogP contribution in [0.5, 0.6) is 5.75 Å². The van der Waals surface area contributed by atoms with Crippen LogP contribution in [-0.2, 0) is 10.0 Å². The van der Waals surface area contributed by atoms with Gasteiger partial charge < -0.3 is 4.74 Å². The van der Waals surface area contributed by atoms with Crippen LogP contribution in [0, 0.1) is 0 Å². The summed E-state index contributed by atoms with van der Waals surface area (Å²) in [5.41, 5.74) is 2.05. The zero-order valence-corrected chi connectivity index (χ0v) is 18.1. The van der Waals surface area contributed by atoms with Crippen LogP contribution in [0.15, 0.2) is 46.1 Å². The van der Waals surface area contributed by atoms with E-state index in [1.165, 1.54) is 6.07 Å². The maximum Gasteiger partial charge on any atom is 0.308 e. The van der Waals surface area contributed by atoms with Crippen molar-refractivity contribution in [2.24, 2.45) is 0 Å². The van der Waals surface area contributed by atoms with E-state index in [0.29, 0.717) is 11.4 Å². The zero-order valence-electron chi connectivity index (χ0n) is 16.5. The summed E-state index contributed by atoms with van der Waals surface area (Å²) in [6.07, 6.45) is 0. The summed E-state index contributed by atoms with van der Waals surface area (Å²) in [6, 6.07) is 10.0. The summed E-state index contributed by atoms with van der Waals surface area (Å²) in [6.45, 7) is 7.86. The van der Waals surface area contributed by atoms with Gasteiger partial charge in [0.1, 0.15) is 5.75 Å². The lowest BCUT2D eigenvalue weighted by Crippen LogP contribution is -2.15. The first kappa shape index (κ1) is 20.4. The number of ether oxygens (including phenoxy) is 1. The molecule has 150 valence electrons. The molecule has 6 nitrogen and oxygen atoms in total. The second kappa shape index (κ2) is 7.60. The zero-order chi connectivity index (χ0) is 20.6. The highest BCUT2D eigenvalue weighted by atomic mass is 32.2. The predicted molar refractivity (Wildman–Crippen MR) is 114 cm³/mol. The fourth-order valence-electron chi connectivity index (χ4n) is 3.13. The van der Waals surface area contributed by atoms with Crippen LogP contribution in [0.4, 0.5) is 5.69 Å². The predicted octanol–water partition coefficient (Wildman–Crippen LogP) is 4.58. The lowest BCUT2D eigenvalue weighted by atomic mass is 10.0. The molecular formula is C20H24N2O4S2. The van der Waals surface area contributed by atoms with Crippen LogP contribution in [0.2, 0.25) is 0 Å². The first-order valence-corrected chi connectivity index (χ1v) is 11.3. The molecule has 0 unspecified atom stereocenters. The van der Waals surface area contributed by atoms with Crippen molar-refractivity contribution in [3.05, 3.63) is 51.6 Å². The van der Waals surface area contributed by atoms with Gasteiger partial charge in [0.25, 0.3) is 10.0 Å². The first-order chi connectivity index (χ1) is 13.1. The van der Waals surface area contributed by atoms with E-state index in [1.54, 1.807) is 42.0 Å². The standard InChI is InChI=1S/C20H24N2O4S2/c1-12(2)16-11-15(7-9-18(16)26-5)28(24,25)21-14-6-8-17-19(10-14)27-20(23)22(17)13(3)4/h6-13,21H,1-5H3. The van der Waals surface area contributed by atoms with E-state index >= 15 is 0 Å². The number of fused-ring (bicyclic) bond motifs is 1. The second-order valence-electron chi connectivity index (χ2n) is 7.18. The molecule has 1 aromatic heterocycles. The molecule has 0 aliphatic carbocycles. The SMILES string of the molecule is COc1ccc(S(=O)(=O)Nc2ccc3c(c2)sc(=O)n3C(C)C)cc1C(C)C. The number of nitrogens with one attached hydrogen (secondary N) is 1. The normalized spacial score (nSPS) is 12.1. The highest BCUT2D eigenvalue weighted by Crippen LogP contribution is 2.30. The summed E-state index contributed by atoms with van der Waals surface area (Å²) in [5, 5.41) is 0. The average molecular weight is 421 g/mol. The molecule has 3 rings (SSSR count). The minimum absolute atomic E-state index is 0.0394. The molecule has 0 bridgehead atoms. The molecule has 28 heavy (non-hydrogen) atoms. The first-order valence-electron chi connectivity index (χ1n) is 9.00. The molecule has 0 fully saturated rings. The Kier molecular flexibility index (Phi) is 5.54. The Balaban J connectivity index is 1.99. The molecule has 0 saturated carbocycles. The van der Waals surface area contributed by atoms with Gasteiger partial charge in [-0.15, -0.1) is 0 Å². The lowest BCUT2D eigenvalue weighted by molar-refractivity contribution is 0.407. The van der Waals surface area contributed by atoms with Gasteiger partial charge in [0, 0.05) is 6.04 Å². The van der Waals surface area contributed by atoms with Gasteiger partial charge >= 0.3 is 4.87 Å². The van der Waals surface area contributed by atoms with E-state index < -0.39 is 10.0 Å². The number of hydrogen-bond acceptors (Lipinski definition) is 5. The van der Waals surface area contributed by atoms with Crippen molar-refractivity contribution in [2.75, 3.05) is 11.8 Å². The van der Waals surface area contributed by atoms with Gasteiger partial charge in [0.2, 0.25) is 0 Å². The van der Waals surface area contributed by atoms with Crippen molar-refractivity contribution in [3.8, 4) is 5.75 Å². The average Bonchev–Trinajstić information content (AvgIpc) is 2.95. The monoisotopic (exact) mass is 420 g/mol. The molecule has 1 heterocycles. The van der Waals surface area contributed by atoms with Gasteiger partial charge in [0.15, 0.2) is 0 Å². The Morgan fingerprint density at radius 3 is 2.39 bits per heavy atom. The molecule has 1 N–H and O–H groups in total. The van der Waals surface area contributed by atoms with Crippen LogP contribution < -0.4 is 14.3 Å². The van der Waals surface area contributed by atoms with Crippen molar-refractivity contribution in [2.45, 2.75) is 44.6 Å². The number of aromatic nitrogens is 1. The van der Waals surface area contributed by atoms with Gasteiger partial charge in [-0.1, -0.05) is 25.2 Å². The number of rotatable bonds is 6. The summed E-state index contributed by atoms with van der Waals surface area (Å²) in [4.78, 5) is 12.3. The Morgan fingerprint density at radius 1 is 1.07 bits per heavy atom. The molecule has 0 amide bonds. The van der Waals surface area contributed by atoms with Crippen LogP contribution in [0.1, 0.15) is 45.2 Å². The number of hydrogen-bond donors (Lipinski definition) is 1. The Hall–Kier alpha value is -2.32. The quantitative estimate of drug-likeness (QED) is 0.633. The van der Waals surface area contributed by atoms with Gasteiger partial charge in [-0.2, -0.15) is 0 Å². The largest absolute Gasteiger partial charge is 0.496 e. The van der Waals surface area contributed by atoms with Gasteiger partial charge in [-0.25, -0.2) is 8.42 Å². The molecule has 0 atom stereocenters. The highest BCUT2D eigenvalue weighted by Gasteiger charge is 2.19. The third-order valence-corrected chi connectivity index (χ3v) is 6.81.